The first-order valence-corrected chi connectivity index (χ1v) is 7.97. The van der Waals surface area contributed by atoms with Gasteiger partial charge in [0, 0.05) is 25.7 Å². The molecule has 2 atom stereocenters. The van der Waals surface area contributed by atoms with Crippen LogP contribution in [0.15, 0.2) is 0 Å². The van der Waals surface area contributed by atoms with E-state index in [2.05, 4.69) is 24.1 Å². The number of aliphatic hydroxyl groups excluding tert-OH is 1. The number of hydrogen-bond donors (Lipinski definition) is 2. The first-order chi connectivity index (χ1) is 9.26. The van der Waals surface area contributed by atoms with Gasteiger partial charge in [0.1, 0.15) is 0 Å². The van der Waals surface area contributed by atoms with E-state index in [9.17, 15) is 5.11 Å². The lowest BCUT2D eigenvalue weighted by molar-refractivity contribution is 0.0104. The highest BCUT2D eigenvalue weighted by Crippen LogP contribution is 2.10. The molecule has 0 aromatic rings. The molecule has 1 fully saturated rings. The summed E-state index contributed by atoms with van der Waals surface area (Å²) in [6.07, 6.45) is 5.56. The second-order valence-electron chi connectivity index (χ2n) is 5.64. The molecular formula is C15H32N2O2. The Bertz CT molecular complexity index is 214. The van der Waals surface area contributed by atoms with E-state index >= 15 is 0 Å². The van der Waals surface area contributed by atoms with Crippen LogP contribution in [-0.2, 0) is 4.74 Å². The fraction of sp³-hybridized carbons (Fsp3) is 1.00. The Labute approximate surface area is 118 Å². The summed E-state index contributed by atoms with van der Waals surface area (Å²) in [6, 6.07) is 0.599. The Morgan fingerprint density at radius 2 is 2.21 bits per heavy atom. The molecule has 0 radical (unpaired) electrons. The molecule has 0 aromatic heterocycles. The van der Waals surface area contributed by atoms with E-state index in [0.29, 0.717) is 12.6 Å². The fourth-order valence-corrected chi connectivity index (χ4v) is 2.55. The van der Waals surface area contributed by atoms with Crippen molar-refractivity contribution >= 4 is 0 Å². The summed E-state index contributed by atoms with van der Waals surface area (Å²) in [4.78, 5) is 2.37. The van der Waals surface area contributed by atoms with Gasteiger partial charge in [0.05, 0.1) is 12.7 Å². The number of rotatable bonds is 10. The van der Waals surface area contributed by atoms with Crippen molar-refractivity contribution in [2.75, 3.05) is 39.4 Å². The fourth-order valence-electron chi connectivity index (χ4n) is 2.55. The normalized spacial score (nSPS) is 22.6. The largest absolute Gasteiger partial charge is 0.389 e. The summed E-state index contributed by atoms with van der Waals surface area (Å²) in [5, 5.41) is 13.6. The monoisotopic (exact) mass is 272 g/mol. The lowest BCUT2D eigenvalue weighted by Crippen LogP contribution is -2.48. The Morgan fingerprint density at radius 3 is 2.95 bits per heavy atom. The second kappa shape index (κ2) is 10.6. The van der Waals surface area contributed by atoms with Gasteiger partial charge < -0.3 is 15.2 Å². The summed E-state index contributed by atoms with van der Waals surface area (Å²) in [7, 11) is 0. The van der Waals surface area contributed by atoms with Crippen molar-refractivity contribution in [3.63, 3.8) is 0 Å². The van der Waals surface area contributed by atoms with Crippen LogP contribution in [0, 0.1) is 0 Å². The minimum absolute atomic E-state index is 0.346. The second-order valence-corrected chi connectivity index (χ2v) is 5.64. The SMILES string of the molecule is CCCCOCC(O)CN1CCCC(NCCC)C1. The van der Waals surface area contributed by atoms with E-state index in [-0.39, 0.29) is 6.10 Å². The number of piperidine rings is 1. The molecule has 114 valence electrons. The molecule has 2 N–H and O–H groups in total. The third-order valence-electron chi connectivity index (χ3n) is 3.61. The molecule has 0 bridgehead atoms. The van der Waals surface area contributed by atoms with Gasteiger partial charge in [-0.15, -0.1) is 0 Å². The zero-order chi connectivity index (χ0) is 13.9. The molecule has 0 aliphatic carbocycles. The van der Waals surface area contributed by atoms with Gasteiger partial charge in [-0.05, 0) is 38.8 Å². The van der Waals surface area contributed by atoms with Crippen molar-refractivity contribution < 1.29 is 9.84 Å². The number of nitrogens with zero attached hydrogens (tertiary/aromatic N) is 1. The average molecular weight is 272 g/mol. The maximum Gasteiger partial charge on any atom is 0.0900 e. The van der Waals surface area contributed by atoms with Gasteiger partial charge in [-0.2, -0.15) is 0 Å². The van der Waals surface area contributed by atoms with Crippen LogP contribution in [0.1, 0.15) is 46.0 Å². The summed E-state index contributed by atoms with van der Waals surface area (Å²) in [5.74, 6) is 0. The average Bonchev–Trinajstić information content (AvgIpc) is 2.42. The molecule has 2 unspecified atom stereocenters. The van der Waals surface area contributed by atoms with Crippen molar-refractivity contribution in [3.05, 3.63) is 0 Å². The van der Waals surface area contributed by atoms with Crippen LogP contribution in [0.2, 0.25) is 0 Å². The topological polar surface area (TPSA) is 44.7 Å². The molecule has 1 saturated heterocycles. The predicted molar refractivity (Wildman–Crippen MR) is 79.5 cm³/mol. The molecule has 0 spiro atoms. The highest BCUT2D eigenvalue weighted by atomic mass is 16.5. The maximum atomic E-state index is 9.98. The minimum atomic E-state index is -0.346. The van der Waals surface area contributed by atoms with Crippen molar-refractivity contribution in [1.82, 2.24) is 10.2 Å². The molecule has 0 amide bonds. The lowest BCUT2D eigenvalue weighted by Gasteiger charge is -2.34. The lowest BCUT2D eigenvalue weighted by atomic mass is 10.1. The molecule has 4 nitrogen and oxygen atoms in total. The van der Waals surface area contributed by atoms with Crippen molar-refractivity contribution in [1.29, 1.82) is 0 Å². The van der Waals surface area contributed by atoms with E-state index < -0.39 is 0 Å². The van der Waals surface area contributed by atoms with Gasteiger partial charge in [0.25, 0.3) is 0 Å². The highest BCUT2D eigenvalue weighted by Gasteiger charge is 2.21. The molecule has 19 heavy (non-hydrogen) atoms. The summed E-state index contributed by atoms with van der Waals surface area (Å²) >= 11 is 0. The number of ether oxygens (including phenoxy) is 1. The van der Waals surface area contributed by atoms with E-state index in [1.165, 1.54) is 19.3 Å². The molecule has 0 aromatic carbocycles. The molecule has 0 saturated carbocycles. The smallest absolute Gasteiger partial charge is 0.0900 e. The number of unbranched alkanes of at least 4 members (excludes halogenated alkanes) is 1. The Kier molecular flexibility index (Phi) is 9.43. The van der Waals surface area contributed by atoms with Crippen molar-refractivity contribution in [2.45, 2.75) is 58.1 Å². The summed E-state index contributed by atoms with van der Waals surface area (Å²) in [5.41, 5.74) is 0. The number of hydrogen-bond acceptors (Lipinski definition) is 4. The molecule has 1 rings (SSSR count). The molecule has 1 aliphatic heterocycles. The predicted octanol–water partition coefficient (Wildman–Crippen LogP) is 1.63. The van der Waals surface area contributed by atoms with Gasteiger partial charge in [-0.1, -0.05) is 20.3 Å². The standard InChI is InChI=1S/C15H32N2O2/c1-3-5-10-19-13-15(18)12-17-9-6-7-14(11-17)16-8-4-2/h14-16,18H,3-13H2,1-2H3. The molecule has 4 heteroatoms. The number of aliphatic hydroxyl groups is 1. The Balaban J connectivity index is 2.12. The zero-order valence-corrected chi connectivity index (χ0v) is 12.7. The number of likely N-dealkylation sites (tertiary alicyclic amines) is 1. The summed E-state index contributed by atoms with van der Waals surface area (Å²) < 4.78 is 5.48. The van der Waals surface area contributed by atoms with Gasteiger partial charge in [-0.25, -0.2) is 0 Å². The van der Waals surface area contributed by atoms with Gasteiger partial charge in [-0.3, -0.25) is 4.90 Å². The van der Waals surface area contributed by atoms with E-state index in [4.69, 9.17) is 4.74 Å². The Morgan fingerprint density at radius 1 is 1.37 bits per heavy atom. The van der Waals surface area contributed by atoms with Crippen LogP contribution in [0.25, 0.3) is 0 Å². The van der Waals surface area contributed by atoms with Crippen LogP contribution in [0.4, 0.5) is 0 Å². The first-order valence-electron chi connectivity index (χ1n) is 7.97. The first kappa shape index (κ1) is 16.9. The number of β-amino-alcohol motifs (C(OH)–C–C–N with tert-alkyl or cyclic N) is 1. The summed E-state index contributed by atoms with van der Waals surface area (Å²) in [6.45, 7) is 9.61. The van der Waals surface area contributed by atoms with Gasteiger partial charge in [0.2, 0.25) is 0 Å². The third-order valence-corrected chi connectivity index (χ3v) is 3.61. The van der Waals surface area contributed by atoms with Gasteiger partial charge in [0.15, 0.2) is 0 Å². The molecular weight excluding hydrogens is 240 g/mol. The minimum Gasteiger partial charge on any atom is -0.389 e. The Hall–Kier alpha value is -0.160. The third kappa shape index (κ3) is 7.88. The van der Waals surface area contributed by atoms with Crippen LogP contribution < -0.4 is 5.32 Å². The molecule has 1 aliphatic rings. The van der Waals surface area contributed by atoms with E-state index in [1.54, 1.807) is 0 Å². The van der Waals surface area contributed by atoms with Crippen LogP contribution >= 0.6 is 0 Å². The quantitative estimate of drug-likeness (QED) is 0.593. The number of nitrogens with one attached hydrogen (secondary N) is 1. The maximum absolute atomic E-state index is 9.98. The van der Waals surface area contributed by atoms with E-state index in [0.717, 1.165) is 45.6 Å². The van der Waals surface area contributed by atoms with Crippen molar-refractivity contribution in [2.24, 2.45) is 0 Å². The van der Waals surface area contributed by atoms with Crippen LogP contribution in [0.5, 0.6) is 0 Å². The van der Waals surface area contributed by atoms with E-state index in [1.807, 2.05) is 0 Å². The van der Waals surface area contributed by atoms with Gasteiger partial charge >= 0.3 is 0 Å². The highest BCUT2D eigenvalue weighted by molar-refractivity contribution is 4.79. The van der Waals surface area contributed by atoms with Crippen LogP contribution in [0.3, 0.4) is 0 Å². The molecule has 1 heterocycles. The van der Waals surface area contributed by atoms with Crippen molar-refractivity contribution in [3.8, 4) is 0 Å². The zero-order valence-electron chi connectivity index (χ0n) is 12.7. The van der Waals surface area contributed by atoms with Crippen LogP contribution in [-0.4, -0.2) is 61.5 Å².